The quantitative estimate of drug-likeness (QED) is 0.824. The Bertz CT molecular complexity index is 860. The molecule has 1 atom stereocenters. The van der Waals surface area contributed by atoms with Crippen LogP contribution in [0.25, 0.3) is 0 Å². The van der Waals surface area contributed by atoms with Gasteiger partial charge in [-0.3, -0.25) is 4.79 Å². The van der Waals surface area contributed by atoms with Crippen LogP contribution < -0.4 is 10.2 Å². The minimum atomic E-state index is -0.360. The van der Waals surface area contributed by atoms with Gasteiger partial charge in [-0.1, -0.05) is 32.8 Å². The number of rotatable bonds is 2. The molecule has 1 aromatic heterocycles. The second-order valence-electron chi connectivity index (χ2n) is 7.43. The van der Waals surface area contributed by atoms with Crippen molar-refractivity contribution in [3.63, 3.8) is 0 Å². The Morgan fingerprint density at radius 2 is 2.23 bits per heavy atom. The van der Waals surface area contributed by atoms with Gasteiger partial charge in [0.25, 0.3) is 5.91 Å². The van der Waals surface area contributed by atoms with Crippen LogP contribution in [0.5, 0.6) is 0 Å². The lowest BCUT2D eigenvalue weighted by atomic mass is 9.93. The molecule has 1 fully saturated rings. The number of halogens is 1. The van der Waals surface area contributed by atoms with Gasteiger partial charge in [-0.05, 0) is 24.6 Å². The molecule has 1 unspecified atom stereocenters. The number of hydrogen-bond donors (Lipinski definition) is 1. The smallest absolute Gasteiger partial charge is 0.296 e. The van der Waals surface area contributed by atoms with Gasteiger partial charge in [0.2, 0.25) is 0 Å². The normalized spacial score (nSPS) is 16.9. The van der Waals surface area contributed by atoms with Crippen molar-refractivity contribution in [2.24, 2.45) is 0 Å². The highest BCUT2D eigenvalue weighted by molar-refractivity contribution is 7.13. The van der Waals surface area contributed by atoms with Crippen molar-refractivity contribution in [1.82, 2.24) is 10.3 Å². The highest BCUT2D eigenvalue weighted by Gasteiger charge is 2.27. The molecule has 0 spiro atoms. The summed E-state index contributed by atoms with van der Waals surface area (Å²) in [6, 6.07) is 5.96. The van der Waals surface area contributed by atoms with Crippen LogP contribution in [0, 0.1) is 17.7 Å². The molecule has 1 amide bonds. The standard InChI is InChI=1S/C20H22FN3OS/c1-20(2,3)17-13-26-19(23-17)24-10-9-16(12-24)22-18(25)8-7-14-5-4-6-15(21)11-14/h4-6,11,13,16H,9-10,12H2,1-3H3,(H,22,25). The lowest BCUT2D eigenvalue weighted by Crippen LogP contribution is -2.36. The van der Waals surface area contributed by atoms with E-state index in [-0.39, 0.29) is 23.2 Å². The monoisotopic (exact) mass is 371 g/mol. The molecule has 1 aromatic carbocycles. The van der Waals surface area contributed by atoms with Crippen LogP contribution in [-0.4, -0.2) is 30.0 Å². The Labute approximate surface area is 157 Å². The summed E-state index contributed by atoms with van der Waals surface area (Å²) < 4.78 is 13.1. The van der Waals surface area contributed by atoms with E-state index in [4.69, 9.17) is 4.98 Å². The molecule has 0 aliphatic carbocycles. The van der Waals surface area contributed by atoms with Crippen molar-refractivity contribution in [2.75, 3.05) is 18.0 Å². The lowest BCUT2D eigenvalue weighted by Gasteiger charge is -2.17. The molecule has 2 aromatic rings. The first-order chi connectivity index (χ1) is 12.3. The minimum Gasteiger partial charge on any atom is -0.346 e. The number of nitrogens with zero attached hydrogens (tertiary/aromatic N) is 2. The van der Waals surface area contributed by atoms with Crippen LogP contribution in [0.4, 0.5) is 9.52 Å². The maximum absolute atomic E-state index is 13.1. The molecule has 4 nitrogen and oxygen atoms in total. The summed E-state index contributed by atoms with van der Waals surface area (Å²) in [6.07, 6.45) is 0.859. The number of thiazole rings is 1. The van der Waals surface area contributed by atoms with E-state index in [1.807, 2.05) is 0 Å². The molecule has 0 saturated carbocycles. The van der Waals surface area contributed by atoms with Crippen molar-refractivity contribution in [3.8, 4) is 11.8 Å². The summed E-state index contributed by atoms with van der Waals surface area (Å²) in [5.41, 5.74) is 1.62. The maximum atomic E-state index is 13.1. The van der Waals surface area contributed by atoms with Gasteiger partial charge < -0.3 is 10.2 Å². The Kier molecular flexibility index (Phi) is 5.28. The molecule has 1 N–H and O–H groups in total. The zero-order valence-electron chi connectivity index (χ0n) is 15.2. The molecule has 0 radical (unpaired) electrons. The molecular weight excluding hydrogens is 349 g/mol. The number of nitrogens with one attached hydrogen (secondary N) is 1. The fourth-order valence-corrected chi connectivity index (χ4v) is 3.81. The van der Waals surface area contributed by atoms with E-state index in [1.165, 1.54) is 12.1 Å². The molecule has 136 valence electrons. The summed E-state index contributed by atoms with van der Waals surface area (Å²) in [4.78, 5) is 19.0. The van der Waals surface area contributed by atoms with Crippen molar-refractivity contribution in [1.29, 1.82) is 0 Å². The Hall–Kier alpha value is -2.39. The van der Waals surface area contributed by atoms with Gasteiger partial charge in [0.1, 0.15) is 5.82 Å². The molecule has 1 aliphatic heterocycles. The van der Waals surface area contributed by atoms with E-state index in [2.05, 4.69) is 48.2 Å². The number of carbonyl (C=O) groups excluding carboxylic acids is 1. The SMILES string of the molecule is CC(C)(C)c1csc(N2CCC(NC(=O)C#Cc3cccc(F)c3)C2)n1. The Morgan fingerprint density at radius 3 is 2.92 bits per heavy atom. The zero-order valence-corrected chi connectivity index (χ0v) is 16.0. The number of hydrogen-bond acceptors (Lipinski definition) is 4. The van der Waals surface area contributed by atoms with Gasteiger partial charge in [0.05, 0.1) is 5.69 Å². The average molecular weight is 371 g/mol. The summed E-state index contributed by atoms with van der Waals surface area (Å²) in [5.74, 6) is 4.53. The second-order valence-corrected chi connectivity index (χ2v) is 8.27. The summed E-state index contributed by atoms with van der Waals surface area (Å²) in [7, 11) is 0. The molecule has 1 aliphatic rings. The predicted molar refractivity (Wildman–Crippen MR) is 103 cm³/mol. The fourth-order valence-electron chi connectivity index (χ4n) is 2.72. The van der Waals surface area contributed by atoms with E-state index < -0.39 is 0 Å². The highest BCUT2D eigenvalue weighted by Crippen LogP contribution is 2.30. The number of aromatic nitrogens is 1. The predicted octanol–water partition coefficient (Wildman–Crippen LogP) is 3.33. The van der Waals surface area contributed by atoms with Crippen LogP contribution in [0.1, 0.15) is 38.4 Å². The lowest BCUT2D eigenvalue weighted by molar-refractivity contribution is -0.116. The molecule has 26 heavy (non-hydrogen) atoms. The average Bonchev–Trinajstić information content (AvgIpc) is 3.21. The van der Waals surface area contributed by atoms with Gasteiger partial charge >= 0.3 is 0 Å². The second kappa shape index (κ2) is 7.46. The molecule has 3 rings (SSSR count). The van der Waals surface area contributed by atoms with Crippen LogP contribution in [-0.2, 0) is 10.2 Å². The molecule has 2 heterocycles. The highest BCUT2D eigenvalue weighted by atomic mass is 32.1. The topological polar surface area (TPSA) is 45.2 Å². The Balaban J connectivity index is 1.56. The summed E-state index contributed by atoms with van der Waals surface area (Å²) in [5, 5.41) is 6.03. The number of carbonyl (C=O) groups is 1. The van der Waals surface area contributed by atoms with Crippen LogP contribution in [0.3, 0.4) is 0 Å². The molecular formula is C20H22FN3OS. The van der Waals surface area contributed by atoms with Gasteiger partial charge in [0, 0.05) is 41.4 Å². The first-order valence-corrected chi connectivity index (χ1v) is 9.48. The van der Waals surface area contributed by atoms with Crippen molar-refractivity contribution in [3.05, 3.63) is 46.7 Å². The largest absolute Gasteiger partial charge is 0.346 e. The molecule has 6 heteroatoms. The first-order valence-electron chi connectivity index (χ1n) is 8.60. The van der Waals surface area contributed by atoms with E-state index in [9.17, 15) is 9.18 Å². The van der Waals surface area contributed by atoms with E-state index in [0.29, 0.717) is 5.56 Å². The Morgan fingerprint density at radius 1 is 1.42 bits per heavy atom. The number of amides is 1. The van der Waals surface area contributed by atoms with Crippen molar-refractivity contribution < 1.29 is 9.18 Å². The number of anilines is 1. The zero-order chi connectivity index (χ0) is 18.7. The van der Waals surface area contributed by atoms with Crippen LogP contribution in [0.2, 0.25) is 0 Å². The third-order valence-corrected chi connectivity index (χ3v) is 5.10. The fraction of sp³-hybridized carbons (Fsp3) is 0.400. The minimum absolute atomic E-state index is 0.0363. The van der Waals surface area contributed by atoms with E-state index in [0.717, 1.165) is 30.3 Å². The number of benzene rings is 1. The first kappa shape index (κ1) is 18.4. The summed E-state index contributed by atoms with van der Waals surface area (Å²) >= 11 is 1.64. The van der Waals surface area contributed by atoms with Gasteiger partial charge in [-0.25, -0.2) is 9.37 Å². The third kappa shape index (κ3) is 4.61. The van der Waals surface area contributed by atoms with Gasteiger partial charge in [-0.2, -0.15) is 0 Å². The van der Waals surface area contributed by atoms with Crippen molar-refractivity contribution in [2.45, 2.75) is 38.6 Å². The van der Waals surface area contributed by atoms with E-state index >= 15 is 0 Å². The maximum Gasteiger partial charge on any atom is 0.296 e. The van der Waals surface area contributed by atoms with Gasteiger partial charge in [0.15, 0.2) is 5.13 Å². The van der Waals surface area contributed by atoms with Gasteiger partial charge in [-0.15, -0.1) is 11.3 Å². The summed E-state index contributed by atoms with van der Waals surface area (Å²) in [6.45, 7) is 8.03. The van der Waals surface area contributed by atoms with Crippen molar-refractivity contribution >= 4 is 22.4 Å². The molecule has 0 bridgehead atoms. The van der Waals surface area contributed by atoms with Crippen LogP contribution in [0.15, 0.2) is 29.6 Å². The van der Waals surface area contributed by atoms with E-state index in [1.54, 1.807) is 23.5 Å². The third-order valence-electron chi connectivity index (χ3n) is 4.20. The van der Waals surface area contributed by atoms with Crippen LogP contribution >= 0.6 is 11.3 Å². The molecule has 1 saturated heterocycles.